The summed E-state index contributed by atoms with van der Waals surface area (Å²) >= 11 is 0. The first-order chi connectivity index (χ1) is 12.0. The lowest BCUT2D eigenvalue weighted by Gasteiger charge is -2.20. The Morgan fingerprint density at radius 3 is 2.72 bits per heavy atom. The van der Waals surface area contributed by atoms with Crippen LogP contribution in [0.15, 0.2) is 36.5 Å². The molecule has 25 heavy (non-hydrogen) atoms. The standard InChI is InChI=1S/C16H23N5O3S/c1-19(2)25(22,23)20-9-8-16(11-20)21-10-15(17-18-21)13-24-12-14-6-4-3-5-7-14/h3-7,10,16H,8-9,11-13H2,1-2H3. The highest BCUT2D eigenvalue weighted by Gasteiger charge is 2.34. The molecule has 1 unspecified atom stereocenters. The largest absolute Gasteiger partial charge is 0.370 e. The summed E-state index contributed by atoms with van der Waals surface area (Å²) in [4.78, 5) is 0. The Bertz CT molecular complexity index is 791. The van der Waals surface area contributed by atoms with E-state index in [1.807, 2.05) is 36.5 Å². The van der Waals surface area contributed by atoms with Crippen LogP contribution in [0.4, 0.5) is 0 Å². The maximum atomic E-state index is 12.2. The number of hydrogen-bond donors (Lipinski definition) is 0. The van der Waals surface area contributed by atoms with Gasteiger partial charge in [0.05, 0.1) is 25.5 Å². The quantitative estimate of drug-likeness (QED) is 0.733. The molecule has 1 aromatic carbocycles. The summed E-state index contributed by atoms with van der Waals surface area (Å²) in [6.07, 6.45) is 2.56. The monoisotopic (exact) mass is 365 g/mol. The molecule has 1 aliphatic heterocycles. The predicted molar refractivity (Wildman–Crippen MR) is 92.8 cm³/mol. The molecular formula is C16H23N5O3S. The van der Waals surface area contributed by atoms with E-state index in [4.69, 9.17) is 4.74 Å². The molecule has 2 aromatic rings. The van der Waals surface area contributed by atoms with Gasteiger partial charge in [-0.05, 0) is 12.0 Å². The van der Waals surface area contributed by atoms with E-state index in [9.17, 15) is 8.42 Å². The maximum absolute atomic E-state index is 12.2. The van der Waals surface area contributed by atoms with Gasteiger partial charge in [0.25, 0.3) is 10.2 Å². The lowest BCUT2D eigenvalue weighted by atomic mass is 10.2. The smallest absolute Gasteiger partial charge is 0.281 e. The van der Waals surface area contributed by atoms with Gasteiger partial charge < -0.3 is 4.74 Å². The number of ether oxygens (including phenoxy) is 1. The van der Waals surface area contributed by atoms with Gasteiger partial charge in [0.2, 0.25) is 0 Å². The Balaban J connectivity index is 1.54. The van der Waals surface area contributed by atoms with Gasteiger partial charge in [-0.2, -0.15) is 17.0 Å². The molecule has 136 valence electrons. The first kappa shape index (κ1) is 18.0. The van der Waals surface area contributed by atoms with Crippen LogP contribution in [0.25, 0.3) is 0 Å². The molecule has 0 amide bonds. The summed E-state index contributed by atoms with van der Waals surface area (Å²) in [5.41, 5.74) is 1.85. The van der Waals surface area contributed by atoms with E-state index < -0.39 is 10.2 Å². The molecule has 0 bridgehead atoms. The van der Waals surface area contributed by atoms with Gasteiger partial charge in [0.1, 0.15) is 5.69 Å². The molecule has 1 fully saturated rings. The highest BCUT2D eigenvalue weighted by molar-refractivity contribution is 7.86. The summed E-state index contributed by atoms with van der Waals surface area (Å²) in [6, 6.07) is 9.94. The molecule has 1 aliphatic rings. The Morgan fingerprint density at radius 1 is 1.24 bits per heavy atom. The maximum Gasteiger partial charge on any atom is 0.281 e. The molecule has 1 atom stereocenters. The molecule has 0 N–H and O–H groups in total. The molecule has 0 radical (unpaired) electrons. The molecule has 2 heterocycles. The molecule has 9 heteroatoms. The molecule has 1 saturated heterocycles. The second-order valence-corrected chi connectivity index (χ2v) is 8.40. The highest BCUT2D eigenvalue weighted by atomic mass is 32.2. The van der Waals surface area contributed by atoms with E-state index in [1.54, 1.807) is 18.8 Å². The van der Waals surface area contributed by atoms with Crippen LogP contribution in [0.3, 0.4) is 0 Å². The molecule has 0 aliphatic carbocycles. The third kappa shape index (κ3) is 4.24. The third-order valence-electron chi connectivity index (χ3n) is 4.21. The van der Waals surface area contributed by atoms with Crippen molar-refractivity contribution >= 4 is 10.2 Å². The van der Waals surface area contributed by atoms with Crippen molar-refractivity contribution in [1.29, 1.82) is 0 Å². The Kier molecular flexibility index (Phi) is 5.48. The first-order valence-corrected chi connectivity index (χ1v) is 9.56. The number of benzene rings is 1. The van der Waals surface area contributed by atoms with Gasteiger partial charge in [-0.1, -0.05) is 35.5 Å². The fraction of sp³-hybridized carbons (Fsp3) is 0.500. The number of hydrogen-bond acceptors (Lipinski definition) is 5. The van der Waals surface area contributed by atoms with Crippen molar-refractivity contribution in [1.82, 2.24) is 23.6 Å². The molecule has 0 spiro atoms. The van der Waals surface area contributed by atoms with Crippen molar-refractivity contribution in [3.8, 4) is 0 Å². The molecule has 0 saturated carbocycles. The number of nitrogens with zero attached hydrogens (tertiary/aromatic N) is 5. The van der Waals surface area contributed by atoms with Crippen molar-refractivity contribution in [2.75, 3.05) is 27.2 Å². The lowest BCUT2D eigenvalue weighted by molar-refractivity contribution is 0.104. The van der Waals surface area contributed by atoms with Crippen LogP contribution in [0, 0.1) is 0 Å². The first-order valence-electron chi connectivity index (χ1n) is 8.17. The van der Waals surface area contributed by atoms with Crippen LogP contribution in [0.5, 0.6) is 0 Å². The fourth-order valence-corrected chi connectivity index (χ4v) is 3.93. The Morgan fingerprint density at radius 2 is 2.00 bits per heavy atom. The van der Waals surface area contributed by atoms with Crippen molar-refractivity contribution in [2.45, 2.75) is 25.7 Å². The van der Waals surface area contributed by atoms with Crippen LogP contribution >= 0.6 is 0 Å². The van der Waals surface area contributed by atoms with E-state index in [2.05, 4.69) is 10.3 Å². The molecular weight excluding hydrogens is 342 g/mol. The van der Waals surface area contributed by atoms with E-state index in [0.717, 1.165) is 17.7 Å². The lowest BCUT2D eigenvalue weighted by Crippen LogP contribution is -2.38. The average molecular weight is 365 g/mol. The van der Waals surface area contributed by atoms with E-state index in [0.29, 0.717) is 26.3 Å². The van der Waals surface area contributed by atoms with Crippen molar-refractivity contribution < 1.29 is 13.2 Å². The summed E-state index contributed by atoms with van der Waals surface area (Å²) in [5.74, 6) is 0. The van der Waals surface area contributed by atoms with Gasteiger partial charge in [0, 0.05) is 27.2 Å². The SMILES string of the molecule is CN(C)S(=O)(=O)N1CCC(n2cc(COCc3ccccc3)nn2)C1. The van der Waals surface area contributed by atoms with Gasteiger partial charge in [-0.3, -0.25) is 0 Å². The number of rotatable bonds is 7. The van der Waals surface area contributed by atoms with Crippen LogP contribution in [-0.4, -0.2) is 59.2 Å². The topological polar surface area (TPSA) is 80.6 Å². The fourth-order valence-electron chi connectivity index (χ4n) is 2.77. The summed E-state index contributed by atoms with van der Waals surface area (Å²) < 4.78 is 34.5. The van der Waals surface area contributed by atoms with Gasteiger partial charge in [0.15, 0.2) is 0 Å². The molecule has 3 rings (SSSR count). The normalized spacial score (nSPS) is 18.9. The second-order valence-electron chi connectivity index (χ2n) is 6.26. The van der Waals surface area contributed by atoms with Crippen LogP contribution in [0.1, 0.15) is 23.7 Å². The minimum atomic E-state index is -3.38. The van der Waals surface area contributed by atoms with Gasteiger partial charge >= 0.3 is 0 Å². The molecule has 8 nitrogen and oxygen atoms in total. The number of aromatic nitrogens is 3. The zero-order valence-electron chi connectivity index (χ0n) is 14.4. The zero-order valence-corrected chi connectivity index (χ0v) is 15.3. The second kappa shape index (κ2) is 7.61. The minimum absolute atomic E-state index is 0.00472. The zero-order chi connectivity index (χ0) is 17.9. The van der Waals surface area contributed by atoms with Crippen molar-refractivity contribution in [2.24, 2.45) is 0 Å². The summed E-state index contributed by atoms with van der Waals surface area (Å²) in [6.45, 7) is 1.80. The van der Waals surface area contributed by atoms with E-state index in [-0.39, 0.29) is 6.04 Å². The van der Waals surface area contributed by atoms with Crippen LogP contribution in [0.2, 0.25) is 0 Å². The minimum Gasteiger partial charge on any atom is -0.370 e. The molecule has 1 aromatic heterocycles. The summed E-state index contributed by atoms with van der Waals surface area (Å²) in [7, 11) is -0.291. The Labute approximate surface area is 148 Å². The predicted octanol–water partition coefficient (Wildman–Crippen LogP) is 1.05. The van der Waals surface area contributed by atoms with E-state index >= 15 is 0 Å². The average Bonchev–Trinajstić information content (AvgIpc) is 3.25. The van der Waals surface area contributed by atoms with Gasteiger partial charge in [-0.25, -0.2) is 4.68 Å². The van der Waals surface area contributed by atoms with Crippen LogP contribution < -0.4 is 0 Å². The van der Waals surface area contributed by atoms with Crippen molar-refractivity contribution in [3.05, 3.63) is 47.8 Å². The van der Waals surface area contributed by atoms with Gasteiger partial charge in [-0.15, -0.1) is 5.10 Å². The summed E-state index contributed by atoms with van der Waals surface area (Å²) in [5, 5.41) is 8.26. The van der Waals surface area contributed by atoms with E-state index in [1.165, 1.54) is 8.61 Å². The highest BCUT2D eigenvalue weighted by Crippen LogP contribution is 2.24. The van der Waals surface area contributed by atoms with Crippen molar-refractivity contribution in [3.63, 3.8) is 0 Å². The Hall–Kier alpha value is -1.81. The third-order valence-corrected chi connectivity index (χ3v) is 6.11. The van der Waals surface area contributed by atoms with Crippen LogP contribution in [-0.2, 0) is 28.2 Å².